The van der Waals surface area contributed by atoms with Crippen LogP contribution in [-0.4, -0.2) is 4.98 Å². The Hall–Kier alpha value is -4.60. The SMILES string of the molecule is CC(C)c1ccccc1C([N-]c1c(-c2ccccc2)cccc1-c1ccccc1)c1cccc(-c2[c-]ccc3ccccc23)n1.[CH3-].[CH3-].[Hf]. The summed E-state index contributed by atoms with van der Waals surface area (Å²) in [5.41, 5.74) is 10.7. The van der Waals surface area contributed by atoms with Crippen molar-refractivity contribution in [1.29, 1.82) is 0 Å². The Morgan fingerprint density at radius 3 is 1.77 bits per heavy atom. The minimum Gasteiger partial charge on any atom is -0.672 e. The number of fused-ring (bicyclic) bond motifs is 1. The molecule has 3 heteroatoms. The van der Waals surface area contributed by atoms with Crippen LogP contribution in [0.1, 0.15) is 42.6 Å². The number of para-hydroxylation sites is 1. The molecule has 0 saturated carbocycles. The van der Waals surface area contributed by atoms with E-state index in [1.807, 2.05) is 6.07 Å². The van der Waals surface area contributed by atoms with E-state index in [1.54, 1.807) is 0 Å². The molecular weight excluding hydrogens is 747 g/mol. The maximum absolute atomic E-state index is 5.72. The zero-order valence-electron chi connectivity index (χ0n) is 28.1. The first kappa shape index (κ1) is 36.2. The van der Waals surface area contributed by atoms with Crippen molar-refractivity contribution >= 4 is 16.5 Å². The number of hydrogen-bond acceptors (Lipinski definition) is 1. The number of hydrogen-bond donors (Lipinski definition) is 0. The molecule has 0 aliphatic rings. The molecule has 0 saturated heterocycles. The van der Waals surface area contributed by atoms with Crippen LogP contribution in [0.25, 0.3) is 49.6 Å². The molecule has 0 aliphatic carbocycles. The third-order valence-electron chi connectivity index (χ3n) is 8.40. The van der Waals surface area contributed by atoms with Crippen LogP contribution in [0, 0.1) is 20.9 Å². The Bertz CT molecular complexity index is 2010. The summed E-state index contributed by atoms with van der Waals surface area (Å²) in [6.07, 6.45) is 0. The molecule has 0 fully saturated rings. The zero-order valence-corrected chi connectivity index (χ0v) is 31.7. The number of rotatable bonds is 8. The fourth-order valence-corrected chi connectivity index (χ4v) is 6.21. The molecule has 0 spiro atoms. The van der Waals surface area contributed by atoms with Crippen LogP contribution in [0.15, 0.2) is 158 Å². The van der Waals surface area contributed by atoms with Crippen LogP contribution in [-0.2, 0) is 25.8 Å². The van der Waals surface area contributed by atoms with E-state index in [4.69, 9.17) is 10.3 Å². The average molecular weight is 787 g/mol. The Morgan fingerprint density at radius 2 is 1.12 bits per heavy atom. The summed E-state index contributed by atoms with van der Waals surface area (Å²) in [5.74, 6) is 0.325. The molecule has 6 aromatic carbocycles. The first-order valence-corrected chi connectivity index (χ1v) is 15.6. The summed E-state index contributed by atoms with van der Waals surface area (Å²) < 4.78 is 0. The van der Waals surface area contributed by atoms with Gasteiger partial charge in [0.15, 0.2) is 0 Å². The maximum Gasteiger partial charge on any atom is 0.0195 e. The monoisotopic (exact) mass is 788 g/mol. The Kier molecular flexibility index (Phi) is 12.4. The molecule has 2 nitrogen and oxygen atoms in total. The van der Waals surface area contributed by atoms with Gasteiger partial charge >= 0.3 is 0 Å². The van der Waals surface area contributed by atoms with Crippen LogP contribution in [0.2, 0.25) is 0 Å². The maximum atomic E-state index is 5.72. The van der Waals surface area contributed by atoms with Crippen molar-refractivity contribution in [2.75, 3.05) is 0 Å². The van der Waals surface area contributed by atoms with Crippen LogP contribution in [0.3, 0.4) is 0 Å². The van der Waals surface area contributed by atoms with E-state index < -0.39 is 0 Å². The Balaban J connectivity index is 0.00000173. The van der Waals surface area contributed by atoms with Gasteiger partial charge in [0.25, 0.3) is 0 Å². The van der Waals surface area contributed by atoms with Gasteiger partial charge in [-0.15, -0.1) is 34.8 Å². The molecule has 0 amide bonds. The summed E-state index contributed by atoms with van der Waals surface area (Å²) in [6, 6.07) is 58.3. The van der Waals surface area contributed by atoms with Gasteiger partial charge in [-0.2, -0.15) is 0 Å². The van der Waals surface area contributed by atoms with Gasteiger partial charge in [0, 0.05) is 31.5 Å². The van der Waals surface area contributed by atoms with Crippen molar-refractivity contribution in [3.05, 3.63) is 201 Å². The predicted octanol–water partition coefficient (Wildman–Crippen LogP) is 12.9. The van der Waals surface area contributed by atoms with Gasteiger partial charge in [-0.3, -0.25) is 0 Å². The largest absolute Gasteiger partial charge is 0.672 e. The number of pyridine rings is 1. The fourth-order valence-electron chi connectivity index (χ4n) is 6.21. The van der Waals surface area contributed by atoms with Gasteiger partial charge in [0.2, 0.25) is 0 Å². The molecule has 7 aromatic rings. The van der Waals surface area contributed by atoms with Crippen molar-refractivity contribution in [2.24, 2.45) is 0 Å². The van der Waals surface area contributed by atoms with E-state index in [1.165, 1.54) is 16.5 Å². The second kappa shape index (κ2) is 16.5. The van der Waals surface area contributed by atoms with Crippen molar-refractivity contribution in [3.63, 3.8) is 0 Å². The standard InChI is InChI=1S/C43H34N2.2CH3.Hf/c1-30(2)34-22-11-12-24-39(34)43(41-29-15-28-40(44-41)38-27-13-21-31-20-9-10-23-35(31)38)45-42-36(32-16-5-3-6-17-32)25-14-26-37(42)33-18-7-4-8-19-33;;;/h3-26,28-30,43H,1-2H3;2*1H3;/q-2;2*-1;. The first-order chi connectivity index (χ1) is 22.2. The van der Waals surface area contributed by atoms with Crippen LogP contribution >= 0.6 is 0 Å². The van der Waals surface area contributed by atoms with Crippen LogP contribution in [0.5, 0.6) is 0 Å². The molecule has 238 valence electrons. The van der Waals surface area contributed by atoms with Gasteiger partial charge in [0.05, 0.1) is 0 Å². The molecular formula is C45H40HfN2-4. The molecule has 7 rings (SSSR count). The minimum atomic E-state index is -0.328. The number of nitrogens with zero attached hydrogens (tertiary/aromatic N) is 2. The third kappa shape index (κ3) is 7.42. The summed E-state index contributed by atoms with van der Waals surface area (Å²) in [4.78, 5) is 5.35. The molecule has 1 heterocycles. The van der Waals surface area contributed by atoms with E-state index in [9.17, 15) is 0 Å². The van der Waals surface area contributed by atoms with E-state index in [0.717, 1.165) is 50.3 Å². The number of benzene rings is 6. The molecule has 1 atom stereocenters. The number of aromatic nitrogens is 1. The first-order valence-electron chi connectivity index (χ1n) is 15.6. The van der Waals surface area contributed by atoms with Gasteiger partial charge in [-0.05, 0) is 51.5 Å². The van der Waals surface area contributed by atoms with Crippen molar-refractivity contribution in [3.8, 4) is 33.5 Å². The van der Waals surface area contributed by atoms with Gasteiger partial charge in [-0.1, -0.05) is 164 Å². The van der Waals surface area contributed by atoms with Gasteiger partial charge in [-0.25, -0.2) is 0 Å². The van der Waals surface area contributed by atoms with Gasteiger partial charge in [0.1, 0.15) is 0 Å². The topological polar surface area (TPSA) is 27.0 Å². The predicted molar refractivity (Wildman–Crippen MR) is 202 cm³/mol. The summed E-state index contributed by atoms with van der Waals surface area (Å²) >= 11 is 0. The van der Waals surface area contributed by atoms with Gasteiger partial charge < -0.3 is 25.2 Å². The fraction of sp³-hybridized carbons (Fsp3) is 0.0889. The molecule has 0 aliphatic heterocycles. The van der Waals surface area contributed by atoms with Crippen LogP contribution < -0.4 is 0 Å². The summed E-state index contributed by atoms with van der Waals surface area (Å²) in [6.45, 7) is 4.50. The minimum absolute atomic E-state index is 0. The molecule has 1 aromatic heterocycles. The Morgan fingerprint density at radius 1 is 0.562 bits per heavy atom. The normalized spacial score (nSPS) is 11.1. The van der Waals surface area contributed by atoms with E-state index >= 15 is 0 Å². The molecule has 1 unspecified atom stereocenters. The van der Waals surface area contributed by atoms with Crippen molar-refractivity contribution in [2.45, 2.75) is 25.8 Å². The molecule has 0 radical (unpaired) electrons. The second-order valence-corrected chi connectivity index (χ2v) is 11.6. The smallest absolute Gasteiger partial charge is 0.0195 e. The van der Waals surface area contributed by atoms with E-state index in [0.29, 0.717) is 5.92 Å². The Labute approximate surface area is 305 Å². The van der Waals surface area contributed by atoms with Crippen molar-refractivity contribution in [1.82, 2.24) is 4.98 Å². The zero-order chi connectivity index (χ0) is 30.6. The third-order valence-corrected chi connectivity index (χ3v) is 8.40. The summed E-state index contributed by atoms with van der Waals surface area (Å²) in [5, 5.41) is 8.03. The van der Waals surface area contributed by atoms with E-state index in [-0.39, 0.29) is 46.7 Å². The van der Waals surface area contributed by atoms with Crippen molar-refractivity contribution < 1.29 is 25.8 Å². The molecule has 0 bridgehead atoms. The summed E-state index contributed by atoms with van der Waals surface area (Å²) in [7, 11) is 0. The average Bonchev–Trinajstić information content (AvgIpc) is 3.11. The van der Waals surface area contributed by atoms with Crippen LogP contribution in [0.4, 0.5) is 5.69 Å². The second-order valence-electron chi connectivity index (χ2n) is 11.6. The quantitative estimate of drug-likeness (QED) is 0.111. The molecule has 48 heavy (non-hydrogen) atoms. The molecule has 0 N–H and O–H groups in total. The van der Waals surface area contributed by atoms with E-state index in [2.05, 4.69) is 172 Å².